The number of nitrogens with one attached hydrogen (secondary N) is 1. The van der Waals surface area contributed by atoms with E-state index in [-0.39, 0.29) is 41.3 Å². The normalized spacial score (nSPS) is 17.5. The van der Waals surface area contributed by atoms with Crippen LogP contribution in [0, 0.1) is 5.82 Å². The number of halogens is 1. The highest BCUT2D eigenvalue weighted by molar-refractivity contribution is 8.26. The van der Waals surface area contributed by atoms with Gasteiger partial charge < -0.3 is 15.0 Å². The second kappa shape index (κ2) is 8.06. The van der Waals surface area contributed by atoms with E-state index in [2.05, 4.69) is 5.32 Å². The lowest BCUT2D eigenvalue weighted by molar-refractivity contribution is -0.121. The van der Waals surface area contributed by atoms with Crippen LogP contribution in [0.4, 0.5) is 10.1 Å². The maximum atomic E-state index is 14.7. The summed E-state index contributed by atoms with van der Waals surface area (Å²) in [6.45, 7) is -0.226. The SMILES string of the molecule is CS(=O)(=O)c1ccc(CN2C(=O)COc3c(F)cc(/C=C4\SC(=S)NC4=O)cc32)cc1. The zero-order valence-electron chi connectivity index (χ0n) is 16.0. The zero-order chi connectivity index (χ0) is 22.3. The van der Waals surface area contributed by atoms with Crippen molar-refractivity contribution >= 4 is 61.7 Å². The van der Waals surface area contributed by atoms with Crippen molar-refractivity contribution in [1.29, 1.82) is 0 Å². The third-order valence-electron chi connectivity index (χ3n) is 4.61. The van der Waals surface area contributed by atoms with E-state index in [0.29, 0.717) is 20.4 Å². The van der Waals surface area contributed by atoms with Gasteiger partial charge in [0.2, 0.25) is 0 Å². The molecule has 0 atom stereocenters. The van der Waals surface area contributed by atoms with Gasteiger partial charge in [0.05, 0.1) is 22.0 Å². The van der Waals surface area contributed by atoms with Crippen LogP contribution < -0.4 is 15.0 Å². The molecule has 1 saturated heterocycles. The van der Waals surface area contributed by atoms with Crippen LogP contribution in [-0.4, -0.2) is 37.4 Å². The molecule has 2 heterocycles. The van der Waals surface area contributed by atoms with Crippen molar-refractivity contribution in [3.8, 4) is 5.75 Å². The molecule has 2 aromatic carbocycles. The number of hydrogen-bond donors (Lipinski definition) is 1. The highest BCUT2D eigenvalue weighted by atomic mass is 32.2. The summed E-state index contributed by atoms with van der Waals surface area (Å²) in [4.78, 5) is 26.3. The van der Waals surface area contributed by atoms with Crippen molar-refractivity contribution in [2.75, 3.05) is 17.8 Å². The van der Waals surface area contributed by atoms with E-state index in [1.54, 1.807) is 18.2 Å². The fourth-order valence-electron chi connectivity index (χ4n) is 3.14. The molecule has 160 valence electrons. The minimum Gasteiger partial charge on any atom is -0.478 e. The monoisotopic (exact) mass is 478 g/mol. The smallest absolute Gasteiger partial charge is 0.265 e. The van der Waals surface area contributed by atoms with Gasteiger partial charge in [-0.25, -0.2) is 12.8 Å². The summed E-state index contributed by atoms with van der Waals surface area (Å²) in [5.74, 6) is -1.48. The summed E-state index contributed by atoms with van der Waals surface area (Å²) in [6, 6.07) is 8.88. The lowest BCUT2D eigenvalue weighted by atomic mass is 10.1. The van der Waals surface area contributed by atoms with Gasteiger partial charge >= 0.3 is 0 Å². The third kappa shape index (κ3) is 4.48. The van der Waals surface area contributed by atoms with Crippen LogP contribution in [0.1, 0.15) is 11.1 Å². The Balaban J connectivity index is 1.69. The number of benzene rings is 2. The number of anilines is 1. The molecule has 0 unspecified atom stereocenters. The van der Waals surface area contributed by atoms with Gasteiger partial charge in [0.1, 0.15) is 4.32 Å². The Bertz CT molecular complexity index is 1260. The number of sulfone groups is 1. The molecule has 2 aromatic rings. The number of fused-ring (bicyclic) bond motifs is 1. The van der Waals surface area contributed by atoms with Crippen LogP contribution in [0.25, 0.3) is 6.08 Å². The largest absolute Gasteiger partial charge is 0.478 e. The van der Waals surface area contributed by atoms with Crippen LogP contribution in [0.2, 0.25) is 0 Å². The molecule has 1 fully saturated rings. The van der Waals surface area contributed by atoms with Crippen LogP contribution in [0.3, 0.4) is 0 Å². The number of thiocarbonyl (C=S) groups is 1. The van der Waals surface area contributed by atoms with Crippen LogP contribution in [-0.2, 0) is 26.0 Å². The molecule has 0 aromatic heterocycles. The summed E-state index contributed by atoms with van der Waals surface area (Å²) in [7, 11) is -3.34. The molecule has 4 rings (SSSR count). The molecule has 31 heavy (non-hydrogen) atoms. The molecule has 2 amide bonds. The molecule has 0 aliphatic carbocycles. The standard InChI is InChI=1S/C20H15FN2O5S3/c1-31(26,27)13-4-2-11(3-5-13)9-23-15-7-12(8-16-19(25)22-20(29)30-16)6-14(21)18(15)28-10-17(23)24/h2-8H,9-10H2,1H3,(H,22,25,29)/b16-8-. The van der Waals surface area contributed by atoms with E-state index in [9.17, 15) is 22.4 Å². The Morgan fingerprint density at radius 2 is 1.97 bits per heavy atom. The van der Waals surface area contributed by atoms with Gasteiger partial charge in [0.25, 0.3) is 11.8 Å². The van der Waals surface area contributed by atoms with E-state index in [0.717, 1.165) is 18.0 Å². The van der Waals surface area contributed by atoms with Crippen molar-refractivity contribution in [3.05, 3.63) is 58.2 Å². The first-order chi connectivity index (χ1) is 14.6. The predicted molar refractivity (Wildman–Crippen MR) is 119 cm³/mol. The minimum absolute atomic E-state index is 0.0615. The molecule has 2 aliphatic heterocycles. The topological polar surface area (TPSA) is 92.8 Å². The number of carbonyl (C=O) groups excluding carboxylic acids is 2. The molecular formula is C20H15FN2O5S3. The number of carbonyl (C=O) groups is 2. The van der Waals surface area contributed by atoms with Gasteiger partial charge in [0.15, 0.2) is 28.0 Å². The average molecular weight is 479 g/mol. The fourth-order valence-corrected chi connectivity index (χ4v) is 4.82. The van der Waals surface area contributed by atoms with Gasteiger partial charge in [-0.05, 0) is 41.5 Å². The Morgan fingerprint density at radius 3 is 2.58 bits per heavy atom. The van der Waals surface area contributed by atoms with E-state index in [1.165, 1.54) is 29.2 Å². The van der Waals surface area contributed by atoms with Gasteiger partial charge in [-0.1, -0.05) is 36.1 Å². The highest BCUT2D eigenvalue weighted by Gasteiger charge is 2.29. The summed E-state index contributed by atoms with van der Waals surface area (Å²) < 4.78 is 43.6. The Morgan fingerprint density at radius 1 is 1.26 bits per heavy atom. The van der Waals surface area contributed by atoms with Gasteiger partial charge in [-0.2, -0.15) is 0 Å². The third-order valence-corrected chi connectivity index (χ3v) is 6.90. The molecule has 0 spiro atoms. The highest BCUT2D eigenvalue weighted by Crippen LogP contribution is 2.38. The van der Waals surface area contributed by atoms with E-state index in [4.69, 9.17) is 17.0 Å². The first kappa shape index (κ1) is 21.5. The summed E-state index contributed by atoms with van der Waals surface area (Å²) in [6.07, 6.45) is 2.60. The number of thioether (sulfide) groups is 1. The number of rotatable bonds is 4. The van der Waals surface area contributed by atoms with Crippen LogP contribution in [0.15, 0.2) is 46.2 Å². The molecule has 1 N–H and O–H groups in total. The molecule has 7 nitrogen and oxygen atoms in total. The summed E-state index contributed by atoms with van der Waals surface area (Å²) in [5.41, 5.74) is 1.25. The van der Waals surface area contributed by atoms with Gasteiger partial charge in [-0.15, -0.1) is 0 Å². The lowest BCUT2D eigenvalue weighted by Gasteiger charge is -2.30. The van der Waals surface area contributed by atoms with Crippen molar-refractivity contribution in [1.82, 2.24) is 5.32 Å². The number of amides is 2. The van der Waals surface area contributed by atoms with Gasteiger partial charge in [0, 0.05) is 6.26 Å². The molecule has 0 radical (unpaired) electrons. The van der Waals surface area contributed by atoms with Crippen molar-refractivity contribution in [3.63, 3.8) is 0 Å². The van der Waals surface area contributed by atoms with E-state index < -0.39 is 15.7 Å². The van der Waals surface area contributed by atoms with Crippen LogP contribution in [0.5, 0.6) is 5.75 Å². The number of ether oxygens (including phenoxy) is 1. The number of nitrogens with zero attached hydrogens (tertiary/aromatic N) is 1. The molecule has 0 saturated carbocycles. The van der Waals surface area contributed by atoms with Crippen LogP contribution >= 0.6 is 24.0 Å². The first-order valence-corrected chi connectivity index (χ1v) is 12.0. The summed E-state index contributed by atoms with van der Waals surface area (Å²) >= 11 is 6.02. The lowest BCUT2D eigenvalue weighted by Crippen LogP contribution is -2.38. The summed E-state index contributed by atoms with van der Waals surface area (Å²) in [5, 5.41) is 2.49. The van der Waals surface area contributed by atoms with Crippen molar-refractivity contribution < 1.29 is 27.1 Å². The van der Waals surface area contributed by atoms with E-state index in [1.807, 2.05) is 0 Å². The maximum absolute atomic E-state index is 14.7. The Hall–Kier alpha value is -2.76. The second-order valence-corrected chi connectivity index (χ2v) is 10.6. The number of hydrogen-bond acceptors (Lipinski definition) is 7. The Kier molecular flexibility index (Phi) is 5.58. The molecule has 0 bridgehead atoms. The molecule has 2 aliphatic rings. The fraction of sp³-hybridized carbons (Fsp3) is 0.150. The Labute approximate surface area is 187 Å². The van der Waals surface area contributed by atoms with Crippen molar-refractivity contribution in [2.24, 2.45) is 0 Å². The first-order valence-electron chi connectivity index (χ1n) is 8.92. The quantitative estimate of drug-likeness (QED) is 0.534. The zero-order valence-corrected chi connectivity index (χ0v) is 18.5. The molecular weight excluding hydrogens is 463 g/mol. The minimum atomic E-state index is -3.34. The second-order valence-electron chi connectivity index (χ2n) is 6.89. The van der Waals surface area contributed by atoms with E-state index >= 15 is 0 Å². The molecule has 11 heteroatoms. The van der Waals surface area contributed by atoms with Gasteiger partial charge in [-0.3, -0.25) is 9.59 Å². The van der Waals surface area contributed by atoms with Crippen molar-refractivity contribution in [2.45, 2.75) is 11.4 Å². The predicted octanol–water partition coefficient (Wildman–Crippen LogP) is 2.64. The maximum Gasteiger partial charge on any atom is 0.265 e. The average Bonchev–Trinajstić information content (AvgIpc) is 3.00.